The van der Waals surface area contributed by atoms with Gasteiger partial charge in [-0.2, -0.15) is 0 Å². The lowest BCUT2D eigenvalue weighted by atomic mass is 10.1. The number of rotatable bonds is 5. The summed E-state index contributed by atoms with van der Waals surface area (Å²) in [5.41, 5.74) is 2.74. The Morgan fingerprint density at radius 3 is 2.48 bits per heavy atom. The molecule has 3 aromatic rings. The van der Waals surface area contributed by atoms with Gasteiger partial charge in [-0.05, 0) is 48.9 Å². The molecule has 27 heavy (non-hydrogen) atoms. The van der Waals surface area contributed by atoms with Crippen molar-refractivity contribution in [3.63, 3.8) is 0 Å². The van der Waals surface area contributed by atoms with Crippen LogP contribution in [-0.4, -0.2) is 29.2 Å². The molecule has 0 unspecified atom stereocenters. The van der Waals surface area contributed by atoms with Crippen molar-refractivity contribution in [1.29, 1.82) is 0 Å². The van der Waals surface area contributed by atoms with Gasteiger partial charge >= 0.3 is 5.97 Å². The molecule has 0 aliphatic heterocycles. The minimum absolute atomic E-state index is 0.129. The third-order valence-corrected chi connectivity index (χ3v) is 3.77. The molecule has 1 amide bonds. The zero-order valence-electron chi connectivity index (χ0n) is 14.9. The number of aryl methyl sites for hydroxylation is 1. The first kappa shape index (κ1) is 18.1. The van der Waals surface area contributed by atoms with Crippen molar-refractivity contribution in [3.8, 4) is 0 Å². The van der Waals surface area contributed by atoms with Gasteiger partial charge in [0.2, 0.25) is 0 Å². The number of esters is 1. The highest BCUT2D eigenvalue weighted by Gasteiger charge is 2.15. The van der Waals surface area contributed by atoms with Gasteiger partial charge < -0.3 is 15.4 Å². The van der Waals surface area contributed by atoms with Gasteiger partial charge in [-0.3, -0.25) is 4.79 Å². The topological polar surface area (TPSA) is 93.2 Å². The second-order valence-electron chi connectivity index (χ2n) is 5.79. The summed E-state index contributed by atoms with van der Waals surface area (Å²) in [6.45, 7) is 2.00. The zero-order chi connectivity index (χ0) is 19.2. The molecule has 7 heteroatoms. The highest BCUT2D eigenvalue weighted by molar-refractivity contribution is 6.07. The highest BCUT2D eigenvalue weighted by atomic mass is 16.5. The quantitative estimate of drug-likeness (QED) is 0.674. The highest BCUT2D eigenvalue weighted by Crippen LogP contribution is 2.18. The van der Waals surface area contributed by atoms with Crippen molar-refractivity contribution in [2.75, 3.05) is 17.7 Å². The van der Waals surface area contributed by atoms with Crippen LogP contribution in [0.2, 0.25) is 0 Å². The van der Waals surface area contributed by atoms with Crippen LogP contribution in [0.25, 0.3) is 0 Å². The van der Waals surface area contributed by atoms with Crippen LogP contribution in [0, 0.1) is 6.92 Å². The molecule has 2 N–H and O–H groups in total. The molecule has 0 saturated heterocycles. The summed E-state index contributed by atoms with van der Waals surface area (Å²) in [6, 6.07) is 17.6. The molecular formula is C20H18N4O3. The first-order valence-electron chi connectivity index (χ1n) is 8.23. The lowest BCUT2D eigenvalue weighted by Gasteiger charge is -2.09. The van der Waals surface area contributed by atoms with Crippen LogP contribution in [0.15, 0.2) is 60.7 Å². The molecule has 136 valence electrons. The van der Waals surface area contributed by atoms with Crippen molar-refractivity contribution in [3.05, 3.63) is 77.5 Å². The number of para-hydroxylation sites is 1. The smallest absolute Gasteiger partial charge is 0.339 e. The van der Waals surface area contributed by atoms with Gasteiger partial charge in [-0.25, -0.2) is 4.79 Å². The average molecular weight is 362 g/mol. The lowest BCUT2D eigenvalue weighted by molar-refractivity contribution is 0.0602. The van der Waals surface area contributed by atoms with E-state index in [0.29, 0.717) is 11.5 Å². The number of amides is 1. The van der Waals surface area contributed by atoms with Gasteiger partial charge in [-0.15, -0.1) is 10.2 Å². The van der Waals surface area contributed by atoms with Gasteiger partial charge in [0.1, 0.15) is 0 Å². The molecular weight excluding hydrogens is 344 g/mol. The molecule has 0 saturated carbocycles. The van der Waals surface area contributed by atoms with E-state index in [4.69, 9.17) is 4.74 Å². The molecule has 0 spiro atoms. The van der Waals surface area contributed by atoms with E-state index < -0.39 is 11.9 Å². The van der Waals surface area contributed by atoms with Gasteiger partial charge in [0, 0.05) is 5.69 Å². The maximum atomic E-state index is 12.4. The Balaban J connectivity index is 1.72. The number of aromatic nitrogens is 2. The average Bonchev–Trinajstić information content (AvgIpc) is 2.68. The third-order valence-electron chi connectivity index (χ3n) is 3.77. The number of nitrogens with zero attached hydrogens (tertiary/aromatic N) is 2. The van der Waals surface area contributed by atoms with Crippen molar-refractivity contribution < 1.29 is 14.3 Å². The van der Waals surface area contributed by atoms with E-state index in [2.05, 4.69) is 20.8 Å². The van der Waals surface area contributed by atoms with Crippen LogP contribution in [-0.2, 0) is 4.74 Å². The van der Waals surface area contributed by atoms with E-state index >= 15 is 0 Å². The van der Waals surface area contributed by atoms with Crippen LogP contribution < -0.4 is 10.6 Å². The second kappa shape index (κ2) is 8.09. The van der Waals surface area contributed by atoms with Crippen LogP contribution in [0.1, 0.15) is 26.4 Å². The standard InChI is InChI=1S/C20H18N4O3/c1-13-6-5-7-14(12-13)21-18-11-10-17(23-24-18)19(25)22-16-9-4-3-8-15(16)20(26)27-2/h3-12H,1-2H3,(H,21,24)(H,22,25). The van der Waals surface area contributed by atoms with Crippen molar-refractivity contribution in [2.24, 2.45) is 0 Å². The number of methoxy groups -OCH3 is 1. The summed E-state index contributed by atoms with van der Waals surface area (Å²) in [5, 5.41) is 13.8. The minimum atomic E-state index is -0.533. The second-order valence-corrected chi connectivity index (χ2v) is 5.79. The van der Waals surface area contributed by atoms with Crippen LogP contribution >= 0.6 is 0 Å². The van der Waals surface area contributed by atoms with E-state index in [9.17, 15) is 9.59 Å². The van der Waals surface area contributed by atoms with Crippen molar-refractivity contribution in [1.82, 2.24) is 10.2 Å². The predicted molar refractivity (Wildman–Crippen MR) is 102 cm³/mol. The summed E-state index contributed by atoms with van der Waals surface area (Å²) in [4.78, 5) is 24.2. The van der Waals surface area contributed by atoms with Gasteiger partial charge in [0.15, 0.2) is 11.5 Å². The number of benzene rings is 2. The monoisotopic (exact) mass is 362 g/mol. The number of hydrogen-bond donors (Lipinski definition) is 2. The molecule has 0 fully saturated rings. The number of carbonyl (C=O) groups excluding carboxylic acids is 2. The molecule has 2 aromatic carbocycles. The summed E-state index contributed by atoms with van der Waals surface area (Å²) >= 11 is 0. The number of nitrogens with one attached hydrogen (secondary N) is 2. The Labute approximate surface area is 156 Å². The number of ether oxygens (including phenoxy) is 1. The Kier molecular flexibility index (Phi) is 5.41. The molecule has 0 bridgehead atoms. The zero-order valence-corrected chi connectivity index (χ0v) is 14.9. The number of carbonyl (C=O) groups is 2. The van der Waals surface area contributed by atoms with Gasteiger partial charge in [0.05, 0.1) is 18.4 Å². The van der Waals surface area contributed by atoms with Gasteiger partial charge in [0.25, 0.3) is 5.91 Å². The molecule has 0 atom stereocenters. The molecule has 1 aromatic heterocycles. The van der Waals surface area contributed by atoms with E-state index in [-0.39, 0.29) is 11.3 Å². The Hall–Kier alpha value is -3.74. The summed E-state index contributed by atoms with van der Waals surface area (Å²) in [7, 11) is 1.28. The number of anilines is 3. The summed E-state index contributed by atoms with van der Waals surface area (Å²) in [5.74, 6) is -0.484. The number of hydrogen-bond acceptors (Lipinski definition) is 6. The predicted octanol–water partition coefficient (Wildman–Crippen LogP) is 3.57. The van der Waals surface area contributed by atoms with E-state index in [1.54, 1.807) is 36.4 Å². The van der Waals surface area contributed by atoms with Crippen LogP contribution in [0.4, 0.5) is 17.2 Å². The summed E-state index contributed by atoms with van der Waals surface area (Å²) < 4.78 is 4.72. The van der Waals surface area contributed by atoms with Crippen molar-refractivity contribution in [2.45, 2.75) is 6.92 Å². The molecule has 7 nitrogen and oxygen atoms in total. The molecule has 0 radical (unpaired) electrons. The summed E-state index contributed by atoms with van der Waals surface area (Å²) in [6.07, 6.45) is 0. The molecule has 0 aliphatic rings. The van der Waals surface area contributed by atoms with E-state index in [0.717, 1.165) is 11.3 Å². The fourth-order valence-corrected chi connectivity index (χ4v) is 2.46. The minimum Gasteiger partial charge on any atom is -0.465 e. The maximum Gasteiger partial charge on any atom is 0.339 e. The van der Waals surface area contributed by atoms with Crippen LogP contribution in [0.3, 0.4) is 0 Å². The SMILES string of the molecule is COC(=O)c1ccccc1NC(=O)c1ccc(Nc2cccc(C)c2)nn1. The van der Waals surface area contributed by atoms with Crippen molar-refractivity contribution >= 4 is 29.1 Å². The lowest BCUT2D eigenvalue weighted by Crippen LogP contribution is -2.17. The first-order chi connectivity index (χ1) is 13.1. The first-order valence-corrected chi connectivity index (χ1v) is 8.23. The Morgan fingerprint density at radius 1 is 0.963 bits per heavy atom. The van der Waals surface area contributed by atoms with Gasteiger partial charge in [-0.1, -0.05) is 24.3 Å². The molecule has 3 rings (SSSR count). The fraction of sp³-hybridized carbons (Fsp3) is 0.100. The molecule has 0 aliphatic carbocycles. The maximum absolute atomic E-state index is 12.4. The Morgan fingerprint density at radius 2 is 1.78 bits per heavy atom. The van der Waals surface area contributed by atoms with E-state index in [1.807, 2.05) is 31.2 Å². The third kappa shape index (κ3) is 4.46. The molecule has 1 heterocycles. The van der Waals surface area contributed by atoms with E-state index in [1.165, 1.54) is 7.11 Å². The normalized spacial score (nSPS) is 10.1. The largest absolute Gasteiger partial charge is 0.465 e. The van der Waals surface area contributed by atoms with Crippen LogP contribution in [0.5, 0.6) is 0 Å². The fourth-order valence-electron chi connectivity index (χ4n) is 2.46. The Bertz CT molecular complexity index is 971.